The maximum atomic E-state index is 14.5. The van der Waals surface area contributed by atoms with Gasteiger partial charge in [0.1, 0.15) is 0 Å². The number of rotatable bonds is 9. The van der Waals surface area contributed by atoms with Crippen molar-refractivity contribution in [3.8, 4) is 0 Å². The van der Waals surface area contributed by atoms with Crippen molar-refractivity contribution in [2.45, 2.75) is 55.5 Å². The number of hydrogen-bond acceptors (Lipinski definition) is 4. The summed E-state index contributed by atoms with van der Waals surface area (Å²) in [5.74, 6) is -2.21. The van der Waals surface area contributed by atoms with E-state index in [4.69, 9.17) is 34.8 Å². The predicted octanol–water partition coefficient (Wildman–Crippen LogP) is 7.44. The van der Waals surface area contributed by atoms with Gasteiger partial charge in [0.25, 0.3) is 0 Å². The number of amides is 1. The first-order chi connectivity index (χ1) is 19.4. The van der Waals surface area contributed by atoms with Gasteiger partial charge in [0.2, 0.25) is 5.91 Å². The Morgan fingerprint density at radius 2 is 1.66 bits per heavy atom. The van der Waals surface area contributed by atoms with Crippen LogP contribution in [0.1, 0.15) is 55.7 Å². The lowest BCUT2D eigenvalue weighted by Crippen LogP contribution is -2.58. The molecule has 3 aromatic rings. The van der Waals surface area contributed by atoms with E-state index in [2.05, 4.69) is 0 Å². The molecule has 2 aliphatic rings. The summed E-state index contributed by atoms with van der Waals surface area (Å²) < 4.78 is 27.6. The van der Waals surface area contributed by atoms with Gasteiger partial charge >= 0.3 is 5.97 Å². The highest BCUT2D eigenvalue weighted by Crippen LogP contribution is 2.54. The molecule has 1 amide bonds. The summed E-state index contributed by atoms with van der Waals surface area (Å²) in [6, 6.07) is 19.5. The van der Waals surface area contributed by atoms with Gasteiger partial charge in [-0.1, -0.05) is 78.1 Å². The van der Waals surface area contributed by atoms with Crippen LogP contribution in [0.25, 0.3) is 0 Å². The lowest BCUT2D eigenvalue weighted by Gasteiger charge is -2.52. The second-order valence-electron chi connectivity index (χ2n) is 11.3. The first-order valence-electron chi connectivity index (χ1n) is 13.4. The average molecular weight is 635 g/mol. The Bertz CT molecular complexity index is 1570. The van der Waals surface area contributed by atoms with Crippen molar-refractivity contribution in [1.29, 1.82) is 0 Å². The molecule has 3 aromatic carbocycles. The van der Waals surface area contributed by atoms with Crippen LogP contribution in [-0.2, 0) is 19.4 Å². The molecule has 2 fully saturated rings. The predicted molar refractivity (Wildman–Crippen MR) is 160 cm³/mol. The molecule has 1 heterocycles. The van der Waals surface area contributed by atoms with Crippen LogP contribution in [0.15, 0.2) is 77.7 Å². The van der Waals surface area contributed by atoms with Crippen molar-refractivity contribution in [2.75, 3.05) is 5.75 Å². The minimum atomic E-state index is -3.91. The molecular weight excluding hydrogens is 605 g/mol. The Hall–Kier alpha value is -2.58. The number of carbonyl (C=O) groups is 2. The number of carbonyl (C=O) groups excluding carboxylic acids is 1. The van der Waals surface area contributed by atoms with E-state index in [-0.39, 0.29) is 46.3 Å². The number of piperidine rings is 1. The SMILES string of the molecule is CC1(CC(=O)O)CC(c2cccc(Cl)c2)C(c2ccc(Cl)cc2)N(C(CS(=O)(=O)c2ccccc2Cl)C2CC2)C1=O. The molecule has 0 spiro atoms. The molecule has 0 bridgehead atoms. The fourth-order valence-corrected chi connectivity index (χ4v) is 8.71. The van der Waals surface area contributed by atoms with E-state index < -0.39 is 33.3 Å². The third-order valence-electron chi connectivity index (χ3n) is 8.22. The normalized spacial score (nSPS) is 23.8. The molecule has 1 saturated heterocycles. The smallest absolute Gasteiger partial charge is 0.304 e. The lowest BCUT2D eigenvalue weighted by atomic mass is 9.67. The second kappa shape index (κ2) is 11.6. The first-order valence-corrected chi connectivity index (χ1v) is 16.2. The fourth-order valence-electron chi connectivity index (χ4n) is 6.18. The number of halogens is 3. The highest BCUT2D eigenvalue weighted by Gasteiger charge is 2.55. The number of carboxylic acid groups (broad SMARTS) is 1. The summed E-state index contributed by atoms with van der Waals surface area (Å²) >= 11 is 18.9. The molecule has 0 aromatic heterocycles. The largest absolute Gasteiger partial charge is 0.481 e. The van der Waals surface area contributed by atoms with E-state index >= 15 is 0 Å². The second-order valence-corrected chi connectivity index (χ2v) is 14.6. The standard InChI is InChI=1S/C31H30Cl3NO5S/c1-31(17-28(36)37)16-24(21-5-4-6-23(33)15-21)29(20-11-13-22(32)14-12-20)35(30(31)38)26(19-9-10-19)18-41(39,40)27-8-3-2-7-25(27)34/h2-8,11-15,19,24,26,29H,9-10,16-18H2,1H3,(H,36,37). The van der Waals surface area contributed by atoms with Gasteiger partial charge in [0.05, 0.1) is 33.5 Å². The number of sulfone groups is 1. The molecule has 5 rings (SSSR count). The highest BCUT2D eigenvalue weighted by molar-refractivity contribution is 7.91. The van der Waals surface area contributed by atoms with Crippen LogP contribution in [0, 0.1) is 11.3 Å². The van der Waals surface area contributed by atoms with Crippen molar-refractivity contribution >= 4 is 56.5 Å². The maximum absolute atomic E-state index is 14.5. The quantitative estimate of drug-likeness (QED) is 0.264. The molecule has 4 unspecified atom stereocenters. The zero-order valence-electron chi connectivity index (χ0n) is 22.3. The molecule has 41 heavy (non-hydrogen) atoms. The summed E-state index contributed by atoms with van der Waals surface area (Å²) in [7, 11) is -3.91. The zero-order valence-corrected chi connectivity index (χ0v) is 25.4. The molecule has 1 aliphatic carbocycles. The first kappa shape index (κ1) is 29.9. The molecule has 4 atom stereocenters. The van der Waals surface area contributed by atoms with Crippen molar-refractivity contribution < 1.29 is 23.1 Å². The van der Waals surface area contributed by atoms with Crippen molar-refractivity contribution in [3.63, 3.8) is 0 Å². The Morgan fingerprint density at radius 3 is 2.27 bits per heavy atom. The molecule has 0 radical (unpaired) electrons. The molecule has 1 aliphatic heterocycles. The Balaban J connectivity index is 1.69. The fraction of sp³-hybridized carbons (Fsp3) is 0.355. The average Bonchev–Trinajstić information content (AvgIpc) is 3.75. The minimum Gasteiger partial charge on any atom is -0.481 e. The number of carboxylic acids is 1. The van der Waals surface area contributed by atoms with E-state index in [1.165, 1.54) is 12.1 Å². The monoisotopic (exact) mass is 633 g/mol. The Morgan fingerprint density at radius 1 is 0.976 bits per heavy atom. The zero-order chi connectivity index (χ0) is 29.5. The van der Waals surface area contributed by atoms with Gasteiger partial charge in [-0.05, 0) is 72.7 Å². The number of benzene rings is 3. The van der Waals surface area contributed by atoms with Gasteiger partial charge in [-0.15, -0.1) is 0 Å². The van der Waals surface area contributed by atoms with Crippen LogP contribution in [0.4, 0.5) is 0 Å². The van der Waals surface area contributed by atoms with Crippen LogP contribution >= 0.6 is 34.8 Å². The maximum Gasteiger partial charge on any atom is 0.304 e. The van der Waals surface area contributed by atoms with Crippen molar-refractivity contribution in [1.82, 2.24) is 4.90 Å². The van der Waals surface area contributed by atoms with Crippen LogP contribution in [-0.4, -0.2) is 42.1 Å². The van der Waals surface area contributed by atoms with Crippen LogP contribution < -0.4 is 0 Å². The topological polar surface area (TPSA) is 91.8 Å². The van der Waals surface area contributed by atoms with Gasteiger partial charge < -0.3 is 10.0 Å². The highest BCUT2D eigenvalue weighted by atomic mass is 35.5. The van der Waals surface area contributed by atoms with Gasteiger partial charge in [-0.3, -0.25) is 9.59 Å². The molecular formula is C31H30Cl3NO5S. The number of hydrogen-bond donors (Lipinski definition) is 1. The van der Waals surface area contributed by atoms with Crippen LogP contribution in [0.3, 0.4) is 0 Å². The van der Waals surface area contributed by atoms with Crippen LogP contribution in [0.5, 0.6) is 0 Å². The molecule has 216 valence electrons. The Labute approximate surface area is 255 Å². The number of likely N-dealkylation sites (tertiary alicyclic amines) is 1. The number of aliphatic carboxylic acids is 1. The van der Waals surface area contributed by atoms with E-state index in [0.717, 1.165) is 24.0 Å². The molecule has 6 nitrogen and oxygen atoms in total. The van der Waals surface area contributed by atoms with E-state index in [1.54, 1.807) is 42.2 Å². The van der Waals surface area contributed by atoms with E-state index in [9.17, 15) is 23.1 Å². The Kier molecular flexibility index (Phi) is 8.46. The number of nitrogens with zero attached hydrogens (tertiary/aromatic N) is 1. The van der Waals surface area contributed by atoms with Gasteiger partial charge in [-0.25, -0.2) is 8.42 Å². The molecule has 1 saturated carbocycles. The van der Waals surface area contributed by atoms with E-state index in [0.29, 0.717) is 10.0 Å². The molecule has 10 heteroatoms. The summed E-state index contributed by atoms with van der Waals surface area (Å²) in [5.41, 5.74) is 0.351. The van der Waals surface area contributed by atoms with E-state index in [1.807, 2.05) is 30.3 Å². The van der Waals surface area contributed by atoms with Gasteiger partial charge in [-0.2, -0.15) is 0 Å². The minimum absolute atomic E-state index is 0.0134. The van der Waals surface area contributed by atoms with Crippen LogP contribution in [0.2, 0.25) is 15.1 Å². The molecule has 1 N–H and O–H groups in total. The summed E-state index contributed by atoms with van der Waals surface area (Å²) in [5, 5.41) is 11.0. The third kappa shape index (κ3) is 6.29. The van der Waals surface area contributed by atoms with Crippen molar-refractivity contribution in [3.05, 3.63) is 99.0 Å². The third-order valence-corrected chi connectivity index (χ3v) is 11.0. The lowest BCUT2D eigenvalue weighted by molar-refractivity contribution is -0.160. The van der Waals surface area contributed by atoms with Gasteiger partial charge in [0, 0.05) is 22.0 Å². The summed E-state index contributed by atoms with van der Waals surface area (Å²) in [4.78, 5) is 28.3. The summed E-state index contributed by atoms with van der Waals surface area (Å²) in [6.07, 6.45) is 1.38. The van der Waals surface area contributed by atoms with Crippen molar-refractivity contribution in [2.24, 2.45) is 11.3 Å². The van der Waals surface area contributed by atoms with Gasteiger partial charge in [0.15, 0.2) is 9.84 Å². The summed E-state index contributed by atoms with van der Waals surface area (Å²) in [6.45, 7) is 1.67.